The van der Waals surface area contributed by atoms with Crippen LogP contribution in [0.15, 0.2) is 53.4 Å². The molecule has 0 saturated heterocycles. The Bertz CT molecular complexity index is 1280. The van der Waals surface area contributed by atoms with E-state index < -0.39 is 9.84 Å². The fourth-order valence-electron chi connectivity index (χ4n) is 4.75. The zero-order valence-electron chi connectivity index (χ0n) is 17.6. The average molecular weight is 454 g/mol. The number of aromatic nitrogens is 2. The summed E-state index contributed by atoms with van der Waals surface area (Å²) in [5.74, 6) is -0.706. The summed E-state index contributed by atoms with van der Waals surface area (Å²) in [6, 6.07) is 12.5. The molecule has 1 saturated carbocycles. The first-order valence-corrected chi connectivity index (χ1v) is 12.5. The highest BCUT2D eigenvalue weighted by Gasteiger charge is 2.31. The summed E-state index contributed by atoms with van der Waals surface area (Å²) in [7, 11) is -3.41. The van der Waals surface area contributed by atoms with Gasteiger partial charge in [0.2, 0.25) is 0 Å². The van der Waals surface area contributed by atoms with E-state index >= 15 is 0 Å². The van der Waals surface area contributed by atoms with E-state index in [0.29, 0.717) is 29.9 Å². The van der Waals surface area contributed by atoms with Gasteiger partial charge in [-0.05, 0) is 74.6 Å². The summed E-state index contributed by atoms with van der Waals surface area (Å²) >= 11 is 0. The topological polar surface area (TPSA) is 81.1 Å². The number of hydrogen-bond donors (Lipinski definition) is 1. The number of nitrogens with zero attached hydrogens (tertiary/aromatic N) is 2. The number of fused-ring (bicyclic) bond motifs is 1. The predicted octanol–water partition coefficient (Wildman–Crippen LogP) is 4.47. The maximum atomic E-state index is 13.3. The Labute approximate surface area is 186 Å². The zero-order valence-corrected chi connectivity index (χ0v) is 18.4. The van der Waals surface area contributed by atoms with Crippen molar-refractivity contribution in [2.24, 2.45) is 0 Å². The van der Waals surface area contributed by atoms with Crippen LogP contribution in [0.3, 0.4) is 0 Å². The summed E-state index contributed by atoms with van der Waals surface area (Å²) in [5.41, 5.74) is 3.30. The molecule has 0 unspecified atom stereocenters. The van der Waals surface area contributed by atoms with Crippen molar-refractivity contribution in [3.63, 3.8) is 0 Å². The lowest BCUT2D eigenvalue weighted by Crippen LogP contribution is -2.19. The van der Waals surface area contributed by atoms with E-state index in [9.17, 15) is 17.6 Å². The average Bonchev–Trinajstić information content (AvgIpc) is 3.53. The lowest BCUT2D eigenvalue weighted by atomic mass is 10.2. The summed E-state index contributed by atoms with van der Waals surface area (Å²) < 4.78 is 40.9. The molecule has 0 spiro atoms. The van der Waals surface area contributed by atoms with Crippen LogP contribution in [0, 0.1) is 5.82 Å². The van der Waals surface area contributed by atoms with Crippen LogP contribution in [-0.2, 0) is 22.7 Å². The number of benzene rings is 2. The van der Waals surface area contributed by atoms with Crippen LogP contribution >= 0.6 is 0 Å². The molecule has 2 aromatic carbocycles. The lowest BCUT2D eigenvalue weighted by molar-refractivity contribution is 0.102. The highest BCUT2D eigenvalue weighted by molar-refractivity contribution is 7.92. The molecule has 2 aliphatic carbocycles. The first-order chi connectivity index (χ1) is 15.4. The van der Waals surface area contributed by atoms with Gasteiger partial charge in [-0.1, -0.05) is 18.9 Å². The highest BCUT2D eigenvalue weighted by atomic mass is 32.2. The standard InChI is InChI=1S/C24H24FN3O3S/c25-16-11-13-18(14-12-16)28-22-10-4-9-21(22)23(27-28)24(29)26-17-5-3-8-20(15-17)32(30,31)19-6-1-2-7-19/h3,5,8,11-15,19H,1-2,4,6-7,9-10H2,(H,26,29). The second kappa shape index (κ2) is 8.16. The third-order valence-electron chi connectivity index (χ3n) is 6.38. The van der Waals surface area contributed by atoms with Crippen molar-refractivity contribution in [1.29, 1.82) is 0 Å². The number of nitrogens with one attached hydrogen (secondary N) is 1. The third-order valence-corrected chi connectivity index (χ3v) is 8.64. The van der Waals surface area contributed by atoms with Gasteiger partial charge in [0.25, 0.3) is 5.91 Å². The van der Waals surface area contributed by atoms with Gasteiger partial charge in [-0.2, -0.15) is 5.10 Å². The minimum Gasteiger partial charge on any atom is -0.321 e. The molecule has 6 nitrogen and oxygen atoms in total. The van der Waals surface area contributed by atoms with Crippen LogP contribution in [0.25, 0.3) is 5.69 Å². The first kappa shape index (κ1) is 20.9. The number of carbonyl (C=O) groups excluding carboxylic acids is 1. The van der Waals surface area contributed by atoms with Gasteiger partial charge in [-0.3, -0.25) is 4.79 Å². The molecule has 0 aliphatic heterocycles. The molecule has 1 N–H and O–H groups in total. The second-order valence-electron chi connectivity index (χ2n) is 8.45. The van der Waals surface area contributed by atoms with Crippen LogP contribution in [0.4, 0.5) is 10.1 Å². The molecular formula is C24H24FN3O3S. The number of hydrogen-bond acceptors (Lipinski definition) is 4. The molecule has 0 radical (unpaired) electrons. The summed E-state index contributed by atoms with van der Waals surface area (Å²) in [5, 5.41) is 7.01. The van der Waals surface area contributed by atoms with E-state index in [1.807, 2.05) is 0 Å². The van der Waals surface area contributed by atoms with Crippen molar-refractivity contribution < 1.29 is 17.6 Å². The Morgan fingerprint density at radius 1 is 1.03 bits per heavy atom. The highest BCUT2D eigenvalue weighted by Crippen LogP contribution is 2.31. The van der Waals surface area contributed by atoms with Gasteiger partial charge in [0.05, 0.1) is 15.8 Å². The van der Waals surface area contributed by atoms with Crippen LogP contribution in [0.1, 0.15) is 53.8 Å². The number of carbonyl (C=O) groups is 1. The van der Waals surface area contributed by atoms with Crippen LogP contribution in [-0.4, -0.2) is 29.4 Å². The molecular weight excluding hydrogens is 429 g/mol. The van der Waals surface area contributed by atoms with Gasteiger partial charge in [0.15, 0.2) is 15.5 Å². The molecule has 1 heterocycles. The Morgan fingerprint density at radius 3 is 2.53 bits per heavy atom. The fourth-order valence-corrected chi connectivity index (χ4v) is 6.65. The van der Waals surface area contributed by atoms with Gasteiger partial charge in [0.1, 0.15) is 5.82 Å². The van der Waals surface area contributed by atoms with Crippen LogP contribution in [0.5, 0.6) is 0 Å². The number of amides is 1. The molecule has 3 aromatic rings. The Hall–Kier alpha value is -3.00. The van der Waals surface area contributed by atoms with Crippen molar-refractivity contribution in [3.05, 3.63) is 71.3 Å². The monoisotopic (exact) mass is 453 g/mol. The molecule has 166 valence electrons. The molecule has 8 heteroatoms. The summed E-state index contributed by atoms with van der Waals surface area (Å²) in [6.45, 7) is 0. The van der Waals surface area contributed by atoms with Gasteiger partial charge < -0.3 is 5.32 Å². The van der Waals surface area contributed by atoms with E-state index in [-0.39, 0.29) is 21.9 Å². The van der Waals surface area contributed by atoms with Gasteiger partial charge in [-0.15, -0.1) is 0 Å². The summed E-state index contributed by atoms with van der Waals surface area (Å²) in [6.07, 6.45) is 5.70. The van der Waals surface area contributed by atoms with E-state index in [1.165, 1.54) is 18.2 Å². The molecule has 0 bridgehead atoms. The van der Waals surface area contributed by atoms with Gasteiger partial charge in [-0.25, -0.2) is 17.5 Å². The lowest BCUT2D eigenvalue weighted by Gasteiger charge is -2.12. The number of rotatable bonds is 5. The number of sulfone groups is 1. The normalized spacial score (nSPS) is 16.3. The second-order valence-corrected chi connectivity index (χ2v) is 10.7. The van der Waals surface area contributed by atoms with Gasteiger partial charge in [0, 0.05) is 16.9 Å². The van der Waals surface area contributed by atoms with Crippen molar-refractivity contribution in [1.82, 2.24) is 9.78 Å². The van der Waals surface area contributed by atoms with Crippen LogP contribution in [0.2, 0.25) is 0 Å². The Kier molecular flexibility index (Phi) is 5.33. The fraction of sp³-hybridized carbons (Fsp3) is 0.333. The van der Waals surface area contributed by atoms with E-state index in [2.05, 4.69) is 10.4 Å². The Morgan fingerprint density at radius 2 is 1.78 bits per heavy atom. The minimum absolute atomic E-state index is 0.240. The minimum atomic E-state index is -3.41. The SMILES string of the molecule is O=C(Nc1cccc(S(=O)(=O)C2CCCC2)c1)c1nn(-c2ccc(F)cc2)c2c1CCC2. The van der Waals surface area contributed by atoms with Crippen molar-refractivity contribution in [3.8, 4) is 5.69 Å². The molecule has 5 rings (SSSR count). The van der Waals surface area contributed by atoms with Crippen molar-refractivity contribution in [2.75, 3.05) is 5.32 Å². The molecule has 1 fully saturated rings. The first-order valence-electron chi connectivity index (χ1n) is 11.0. The smallest absolute Gasteiger partial charge is 0.276 e. The zero-order chi connectivity index (χ0) is 22.3. The van der Waals surface area contributed by atoms with Crippen LogP contribution < -0.4 is 5.32 Å². The number of anilines is 1. The van der Waals surface area contributed by atoms with E-state index in [1.54, 1.807) is 35.0 Å². The molecule has 32 heavy (non-hydrogen) atoms. The van der Waals surface area contributed by atoms with Crippen molar-refractivity contribution in [2.45, 2.75) is 55.1 Å². The molecule has 1 amide bonds. The quantitative estimate of drug-likeness (QED) is 0.618. The van der Waals surface area contributed by atoms with Gasteiger partial charge >= 0.3 is 0 Å². The number of halogens is 1. The maximum absolute atomic E-state index is 13.3. The summed E-state index contributed by atoms with van der Waals surface area (Å²) in [4.78, 5) is 13.3. The van der Waals surface area contributed by atoms with E-state index in [0.717, 1.165) is 43.4 Å². The third kappa shape index (κ3) is 3.72. The predicted molar refractivity (Wildman–Crippen MR) is 119 cm³/mol. The van der Waals surface area contributed by atoms with Crippen molar-refractivity contribution >= 4 is 21.4 Å². The Balaban J connectivity index is 1.43. The molecule has 1 aromatic heterocycles. The molecule has 0 atom stereocenters. The largest absolute Gasteiger partial charge is 0.321 e. The molecule has 2 aliphatic rings. The van der Waals surface area contributed by atoms with E-state index in [4.69, 9.17) is 0 Å². The maximum Gasteiger partial charge on any atom is 0.276 e.